The molecule has 1 aliphatic rings. The van der Waals surface area contributed by atoms with Crippen LogP contribution in [-0.2, 0) is 43.8 Å². The van der Waals surface area contributed by atoms with Crippen LogP contribution in [0.2, 0.25) is 0 Å². The molecule has 2 amide bonds. The van der Waals surface area contributed by atoms with Gasteiger partial charge in [0.15, 0.2) is 11.4 Å². The van der Waals surface area contributed by atoms with Crippen molar-refractivity contribution in [3.63, 3.8) is 0 Å². The van der Waals surface area contributed by atoms with Crippen LogP contribution in [0.15, 0.2) is 29.2 Å². The van der Waals surface area contributed by atoms with E-state index in [4.69, 9.17) is 32.7 Å². The number of pyridine rings is 1. The number of hydrogen-bond acceptors (Lipinski definition) is 15. The Kier molecular flexibility index (Phi) is 14.9. The molecular formula is C31H41F2N4O14P. The molecule has 0 fully saturated rings. The number of aromatic hydroxyl groups is 1. The summed E-state index contributed by atoms with van der Waals surface area (Å²) < 4.78 is 77.6. The minimum atomic E-state index is -4.39. The number of hydrogen-bond donors (Lipinski definition) is 2. The highest BCUT2D eigenvalue weighted by Crippen LogP contribution is 2.48. The van der Waals surface area contributed by atoms with Gasteiger partial charge in [-0.15, -0.1) is 0 Å². The maximum absolute atomic E-state index is 14.2. The molecule has 3 rings (SSSR count). The second-order valence-corrected chi connectivity index (χ2v) is 13.8. The molecule has 2 N–H and O–H groups in total. The predicted octanol–water partition coefficient (Wildman–Crippen LogP) is 3.41. The molecule has 21 heteroatoms. The second kappa shape index (κ2) is 18.6. The van der Waals surface area contributed by atoms with Gasteiger partial charge in [-0.1, -0.05) is 6.07 Å². The number of carbonyl (C=O) groups is 4. The molecule has 0 aliphatic carbocycles. The second-order valence-electron chi connectivity index (χ2n) is 11.6. The van der Waals surface area contributed by atoms with Gasteiger partial charge in [0.05, 0.1) is 18.4 Å². The number of amides is 2. The number of fused-ring (bicyclic) bond motifs is 1. The average molecular weight is 763 g/mol. The fraction of sp³-hybridized carbons (Fsp3) is 0.516. The van der Waals surface area contributed by atoms with E-state index >= 15 is 0 Å². The van der Waals surface area contributed by atoms with E-state index in [0.717, 1.165) is 23.0 Å². The Morgan fingerprint density at radius 2 is 1.60 bits per heavy atom. The average Bonchev–Trinajstić information content (AvgIpc) is 3.05. The third-order valence-corrected chi connectivity index (χ3v) is 8.90. The van der Waals surface area contributed by atoms with Crippen molar-refractivity contribution in [3.05, 3.63) is 63.1 Å². The van der Waals surface area contributed by atoms with Crippen LogP contribution >= 0.6 is 7.60 Å². The van der Waals surface area contributed by atoms with Crippen LogP contribution in [0.1, 0.15) is 60.5 Å². The smallest absolute Gasteiger partial charge is 0.502 e. The number of nitrogens with zero attached hydrogens (tertiary/aromatic N) is 3. The van der Waals surface area contributed by atoms with E-state index < -0.39 is 110 Å². The van der Waals surface area contributed by atoms with E-state index in [0.29, 0.717) is 6.07 Å². The fourth-order valence-electron chi connectivity index (χ4n) is 4.71. The predicted molar refractivity (Wildman–Crippen MR) is 175 cm³/mol. The Morgan fingerprint density at radius 1 is 1.00 bits per heavy atom. The van der Waals surface area contributed by atoms with Gasteiger partial charge in [0.2, 0.25) is 19.0 Å². The maximum atomic E-state index is 14.2. The highest BCUT2D eigenvalue weighted by Gasteiger charge is 2.40. The number of methoxy groups -OCH3 is 1. The van der Waals surface area contributed by atoms with Crippen molar-refractivity contribution in [1.82, 2.24) is 14.9 Å². The molecule has 2 heterocycles. The molecule has 1 aromatic heterocycles. The number of aromatic nitrogens is 1. The zero-order valence-corrected chi connectivity index (χ0v) is 30.2. The van der Waals surface area contributed by atoms with Crippen LogP contribution in [0.3, 0.4) is 0 Å². The Balaban J connectivity index is 1.97. The molecule has 0 bridgehead atoms. The largest absolute Gasteiger partial charge is 0.510 e. The van der Waals surface area contributed by atoms with Crippen LogP contribution in [0.5, 0.6) is 5.75 Å². The lowest BCUT2D eigenvalue weighted by molar-refractivity contribution is -0.0302. The van der Waals surface area contributed by atoms with Crippen molar-refractivity contribution in [2.75, 3.05) is 52.1 Å². The molecule has 52 heavy (non-hydrogen) atoms. The topological polar surface area (TPSA) is 211 Å². The lowest BCUT2D eigenvalue weighted by Gasteiger charge is -2.45. The van der Waals surface area contributed by atoms with Crippen molar-refractivity contribution >= 4 is 31.7 Å². The summed E-state index contributed by atoms with van der Waals surface area (Å²) in [5, 5.41) is 14.6. The highest BCUT2D eigenvalue weighted by atomic mass is 31.2. The highest BCUT2D eigenvalue weighted by molar-refractivity contribution is 7.53. The van der Waals surface area contributed by atoms with Gasteiger partial charge in [0.1, 0.15) is 23.4 Å². The SMILES string of the molecule is COCC[C@H]1N(C)C(=O)c2c(O)c(=O)c(C(=O)NCc3ccc(F)cc3F)cn2N1CCP(=O)(OCOC(=O)OC(C)C)OCOC(=O)OC(C)C. The third-order valence-electron chi connectivity index (χ3n) is 7.15. The zero-order valence-electron chi connectivity index (χ0n) is 29.3. The number of halogens is 2. The number of ether oxygens (including phenoxy) is 5. The van der Waals surface area contributed by atoms with Crippen LogP contribution in [0, 0.1) is 11.6 Å². The molecule has 1 atom stereocenters. The maximum Gasteiger partial charge on any atom is 0.510 e. The molecule has 288 valence electrons. The van der Waals surface area contributed by atoms with Gasteiger partial charge in [-0.05, 0) is 33.8 Å². The van der Waals surface area contributed by atoms with Gasteiger partial charge < -0.3 is 39.0 Å². The summed E-state index contributed by atoms with van der Waals surface area (Å²) in [6.45, 7) is 3.66. The number of carbonyl (C=O) groups excluding carboxylic acids is 4. The lowest BCUT2D eigenvalue weighted by atomic mass is 10.1. The summed E-state index contributed by atoms with van der Waals surface area (Å²) in [6, 6.07) is 2.68. The van der Waals surface area contributed by atoms with E-state index in [-0.39, 0.29) is 25.1 Å². The quantitative estimate of drug-likeness (QED) is 0.134. The Hall–Kier alpha value is -4.78. The van der Waals surface area contributed by atoms with E-state index in [1.54, 1.807) is 27.7 Å². The van der Waals surface area contributed by atoms with Crippen LogP contribution in [0.4, 0.5) is 18.4 Å². The van der Waals surface area contributed by atoms with Crippen LogP contribution in [-0.4, -0.2) is 104 Å². The number of benzene rings is 1. The first kappa shape index (κ1) is 41.6. The molecule has 1 aliphatic heterocycles. The van der Waals surface area contributed by atoms with Gasteiger partial charge in [0.25, 0.3) is 11.8 Å². The first-order valence-corrected chi connectivity index (χ1v) is 17.5. The lowest BCUT2D eigenvalue weighted by Crippen LogP contribution is -2.61. The Labute approximate surface area is 296 Å². The molecule has 0 spiro atoms. The zero-order chi connectivity index (χ0) is 38.7. The van der Waals surface area contributed by atoms with Crippen molar-refractivity contribution < 1.29 is 70.4 Å². The first-order chi connectivity index (χ1) is 24.5. The van der Waals surface area contributed by atoms with E-state index in [1.807, 2.05) is 0 Å². The van der Waals surface area contributed by atoms with Crippen LogP contribution in [0.25, 0.3) is 0 Å². The summed E-state index contributed by atoms with van der Waals surface area (Å²) >= 11 is 0. The summed E-state index contributed by atoms with van der Waals surface area (Å²) in [5.74, 6) is -4.79. The minimum absolute atomic E-state index is 0.0825. The van der Waals surface area contributed by atoms with Crippen molar-refractivity contribution in [2.24, 2.45) is 0 Å². The monoisotopic (exact) mass is 762 g/mol. The molecular weight excluding hydrogens is 721 g/mol. The third kappa shape index (κ3) is 11.1. The molecule has 18 nitrogen and oxygen atoms in total. The van der Waals surface area contributed by atoms with Crippen molar-refractivity contribution in [2.45, 2.75) is 59.0 Å². The molecule has 1 aromatic carbocycles. The molecule has 0 saturated carbocycles. The first-order valence-electron chi connectivity index (χ1n) is 15.8. The molecule has 0 saturated heterocycles. The Bertz CT molecular complexity index is 1690. The van der Waals surface area contributed by atoms with Gasteiger partial charge in [-0.3, -0.25) is 37.7 Å². The molecule has 2 aromatic rings. The fourth-order valence-corrected chi connectivity index (χ4v) is 5.92. The minimum Gasteiger partial charge on any atom is -0.502 e. The van der Waals surface area contributed by atoms with Gasteiger partial charge >= 0.3 is 19.9 Å². The normalized spacial score (nSPS) is 14.3. The van der Waals surface area contributed by atoms with Crippen molar-refractivity contribution in [3.8, 4) is 5.75 Å². The standard InChI is InChI=1S/C31H41F2N4O14P/c1-18(2)50-30(42)46-16-48-52(44,49-17-47-31(43)51-19(3)4)12-10-36-24(9-11-45-6)35(5)29(41)25-27(39)26(38)22(15-37(25)36)28(40)34-14-20-7-8-21(32)13-23(20)33/h7-8,13,15,18-19,24,39H,9-12,14,16-17H2,1-6H3,(H,34,40)/t24-/m0/s1. The number of nitrogens with one attached hydrogen (secondary N) is 1. The molecule has 0 radical (unpaired) electrons. The van der Waals surface area contributed by atoms with E-state index in [1.165, 1.54) is 24.1 Å². The number of rotatable bonds is 17. The van der Waals surface area contributed by atoms with E-state index in [9.17, 15) is 42.4 Å². The van der Waals surface area contributed by atoms with Gasteiger partial charge in [-0.2, -0.15) is 0 Å². The van der Waals surface area contributed by atoms with Gasteiger partial charge in [0, 0.05) is 58.1 Å². The van der Waals surface area contributed by atoms with E-state index in [2.05, 4.69) is 5.32 Å². The Morgan fingerprint density at radius 3 is 2.13 bits per heavy atom. The molecule has 0 unspecified atom stereocenters. The van der Waals surface area contributed by atoms with Gasteiger partial charge in [-0.25, -0.2) is 18.4 Å². The van der Waals surface area contributed by atoms with Crippen LogP contribution < -0.4 is 15.8 Å². The summed E-state index contributed by atoms with van der Waals surface area (Å²) in [6.07, 6.45) is -3.80. The summed E-state index contributed by atoms with van der Waals surface area (Å²) in [5.41, 5.74) is -2.55. The summed E-state index contributed by atoms with van der Waals surface area (Å²) in [7, 11) is -1.62. The summed E-state index contributed by atoms with van der Waals surface area (Å²) in [4.78, 5) is 64.8. The van der Waals surface area contributed by atoms with Crippen molar-refractivity contribution in [1.29, 1.82) is 0 Å².